The zero-order valence-electron chi connectivity index (χ0n) is 14.2. The summed E-state index contributed by atoms with van der Waals surface area (Å²) in [6, 6.07) is 0. The highest BCUT2D eigenvalue weighted by Crippen LogP contribution is 2.39. The predicted octanol–water partition coefficient (Wildman–Crippen LogP) is 3.87. The average Bonchev–Trinajstić information content (AvgIpc) is 2.46. The Kier molecular flexibility index (Phi) is 6.24. The van der Waals surface area contributed by atoms with Crippen LogP contribution >= 0.6 is 0 Å². The van der Waals surface area contributed by atoms with Gasteiger partial charge in [0.1, 0.15) is 6.10 Å². The lowest BCUT2D eigenvalue weighted by Crippen LogP contribution is -2.39. The fourth-order valence-electron chi connectivity index (χ4n) is 3.13. The topological polar surface area (TPSA) is 52.6 Å². The molecule has 122 valence electrons. The van der Waals surface area contributed by atoms with Gasteiger partial charge in [0, 0.05) is 0 Å². The number of carbonyl (C=O) groups excluding carboxylic acids is 2. The van der Waals surface area contributed by atoms with Crippen LogP contribution in [0.4, 0.5) is 0 Å². The number of carbonyl (C=O) groups is 2. The first-order valence-corrected chi connectivity index (χ1v) is 8.04. The van der Waals surface area contributed by atoms with E-state index in [0.29, 0.717) is 12.8 Å². The first-order chi connectivity index (χ1) is 9.75. The van der Waals surface area contributed by atoms with Gasteiger partial charge in [0.05, 0.1) is 17.9 Å². The van der Waals surface area contributed by atoms with E-state index in [0.717, 1.165) is 25.7 Å². The van der Waals surface area contributed by atoms with Crippen molar-refractivity contribution in [2.75, 3.05) is 7.11 Å². The lowest BCUT2D eigenvalue weighted by atomic mass is 9.72. The Morgan fingerprint density at radius 2 is 1.62 bits per heavy atom. The summed E-state index contributed by atoms with van der Waals surface area (Å²) in [5.74, 6) is -0.457. The van der Waals surface area contributed by atoms with Crippen molar-refractivity contribution in [3.63, 3.8) is 0 Å². The molecule has 4 heteroatoms. The lowest BCUT2D eigenvalue weighted by Gasteiger charge is -2.34. The minimum absolute atomic E-state index is 0.0523. The van der Waals surface area contributed by atoms with Gasteiger partial charge in [-0.3, -0.25) is 9.59 Å². The summed E-state index contributed by atoms with van der Waals surface area (Å²) in [7, 11) is 1.39. The Labute approximate surface area is 128 Å². The number of rotatable bonds is 6. The molecule has 1 rings (SSSR count). The van der Waals surface area contributed by atoms with Crippen molar-refractivity contribution in [3.05, 3.63) is 0 Å². The van der Waals surface area contributed by atoms with Crippen LogP contribution in [0.15, 0.2) is 0 Å². The SMILES string of the molecule is CCC(C)(CC(C)(C)C(=O)OC1CCCCC1)C(=O)OC. The lowest BCUT2D eigenvalue weighted by molar-refractivity contribution is -0.166. The minimum atomic E-state index is -0.684. The molecule has 1 aliphatic rings. The standard InChI is InChI=1S/C17H30O4/c1-6-17(4,15(19)20-5)12-16(2,3)14(18)21-13-10-8-7-9-11-13/h13H,6-12H2,1-5H3. The van der Waals surface area contributed by atoms with Crippen molar-refractivity contribution in [2.45, 2.75) is 78.7 Å². The monoisotopic (exact) mass is 298 g/mol. The Hall–Kier alpha value is -1.06. The summed E-state index contributed by atoms with van der Waals surface area (Å²) in [4.78, 5) is 24.4. The smallest absolute Gasteiger partial charge is 0.311 e. The van der Waals surface area contributed by atoms with Crippen LogP contribution in [0.3, 0.4) is 0 Å². The third-order valence-electron chi connectivity index (χ3n) is 4.67. The van der Waals surface area contributed by atoms with Gasteiger partial charge in [-0.15, -0.1) is 0 Å². The first-order valence-electron chi connectivity index (χ1n) is 8.04. The van der Waals surface area contributed by atoms with E-state index >= 15 is 0 Å². The van der Waals surface area contributed by atoms with Gasteiger partial charge >= 0.3 is 11.9 Å². The number of hydrogen-bond acceptors (Lipinski definition) is 4. The third-order valence-corrected chi connectivity index (χ3v) is 4.67. The maximum Gasteiger partial charge on any atom is 0.311 e. The highest BCUT2D eigenvalue weighted by atomic mass is 16.5. The van der Waals surface area contributed by atoms with Crippen LogP contribution in [0.1, 0.15) is 72.6 Å². The molecule has 1 fully saturated rings. The number of hydrogen-bond donors (Lipinski definition) is 0. The molecule has 0 amide bonds. The zero-order chi connectivity index (χ0) is 16.1. The Morgan fingerprint density at radius 3 is 2.10 bits per heavy atom. The summed E-state index contributed by atoms with van der Waals surface area (Å²) < 4.78 is 10.6. The fraction of sp³-hybridized carbons (Fsp3) is 0.882. The van der Waals surface area contributed by atoms with Gasteiger partial charge in [-0.25, -0.2) is 0 Å². The Balaban J connectivity index is 2.69. The van der Waals surface area contributed by atoms with Gasteiger partial charge in [-0.1, -0.05) is 13.3 Å². The van der Waals surface area contributed by atoms with Crippen molar-refractivity contribution in [1.82, 2.24) is 0 Å². The van der Waals surface area contributed by atoms with Crippen LogP contribution in [-0.2, 0) is 19.1 Å². The molecule has 0 N–H and O–H groups in total. The molecule has 0 aliphatic heterocycles. The van der Waals surface area contributed by atoms with Gasteiger partial charge in [-0.2, -0.15) is 0 Å². The van der Waals surface area contributed by atoms with Crippen molar-refractivity contribution in [3.8, 4) is 0 Å². The zero-order valence-corrected chi connectivity index (χ0v) is 14.2. The molecule has 0 bridgehead atoms. The second-order valence-electron chi connectivity index (χ2n) is 7.13. The molecule has 21 heavy (non-hydrogen) atoms. The van der Waals surface area contributed by atoms with Crippen molar-refractivity contribution >= 4 is 11.9 Å². The second kappa shape index (κ2) is 7.28. The molecule has 1 atom stereocenters. The van der Waals surface area contributed by atoms with E-state index in [4.69, 9.17) is 9.47 Å². The molecule has 0 saturated heterocycles. The van der Waals surface area contributed by atoms with Crippen LogP contribution in [0.25, 0.3) is 0 Å². The number of esters is 2. The van der Waals surface area contributed by atoms with E-state index in [2.05, 4.69) is 0 Å². The van der Waals surface area contributed by atoms with Gasteiger partial charge in [0.25, 0.3) is 0 Å². The highest BCUT2D eigenvalue weighted by molar-refractivity contribution is 5.80. The van der Waals surface area contributed by atoms with Gasteiger partial charge in [-0.05, 0) is 59.3 Å². The molecular weight excluding hydrogens is 268 g/mol. The average molecular weight is 298 g/mol. The number of ether oxygens (including phenoxy) is 2. The molecule has 0 radical (unpaired) electrons. The fourth-order valence-corrected chi connectivity index (χ4v) is 3.13. The summed E-state index contributed by atoms with van der Waals surface area (Å²) in [6.07, 6.45) is 6.55. The van der Waals surface area contributed by atoms with E-state index in [9.17, 15) is 9.59 Å². The van der Waals surface area contributed by atoms with E-state index in [1.165, 1.54) is 13.5 Å². The summed E-state index contributed by atoms with van der Waals surface area (Å²) in [5, 5.41) is 0. The quantitative estimate of drug-likeness (QED) is 0.699. The molecule has 0 aromatic heterocycles. The van der Waals surface area contributed by atoms with Crippen molar-refractivity contribution in [2.24, 2.45) is 10.8 Å². The van der Waals surface area contributed by atoms with Gasteiger partial charge < -0.3 is 9.47 Å². The van der Waals surface area contributed by atoms with E-state index in [1.54, 1.807) is 0 Å². The van der Waals surface area contributed by atoms with Crippen LogP contribution in [0.2, 0.25) is 0 Å². The van der Waals surface area contributed by atoms with Crippen molar-refractivity contribution in [1.29, 1.82) is 0 Å². The third kappa shape index (κ3) is 4.72. The van der Waals surface area contributed by atoms with E-state index < -0.39 is 10.8 Å². The Bertz CT molecular complexity index is 369. The number of methoxy groups -OCH3 is 1. The molecule has 0 spiro atoms. The molecule has 4 nitrogen and oxygen atoms in total. The molecule has 0 aromatic carbocycles. The maximum absolute atomic E-state index is 12.5. The van der Waals surface area contributed by atoms with Crippen LogP contribution < -0.4 is 0 Å². The second-order valence-corrected chi connectivity index (χ2v) is 7.13. The van der Waals surface area contributed by atoms with Crippen LogP contribution in [-0.4, -0.2) is 25.2 Å². The first kappa shape index (κ1) is 18.0. The minimum Gasteiger partial charge on any atom is -0.469 e. The van der Waals surface area contributed by atoms with Gasteiger partial charge in [0.2, 0.25) is 0 Å². The molecule has 0 heterocycles. The highest BCUT2D eigenvalue weighted by Gasteiger charge is 2.43. The molecule has 1 saturated carbocycles. The van der Waals surface area contributed by atoms with Crippen LogP contribution in [0.5, 0.6) is 0 Å². The molecule has 1 unspecified atom stereocenters. The molecular formula is C17H30O4. The predicted molar refractivity (Wildman–Crippen MR) is 81.8 cm³/mol. The summed E-state index contributed by atoms with van der Waals surface area (Å²) >= 11 is 0. The van der Waals surface area contributed by atoms with Crippen LogP contribution in [0, 0.1) is 10.8 Å². The molecule has 0 aromatic rings. The Morgan fingerprint density at radius 1 is 1.05 bits per heavy atom. The maximum atomic E-state index is 12.5. The van der Waals surface area contributed by atoms with Gasteiger partial charge in [0.15, 0.2) is 0 Å². The summed E-state index contributed by atoms with van der Waals surface area (Å²) in [5.41, 5.74) is -1.33. The molecule has 1 aliphatic carbocycles. The van der Waals surface area contributed by atoms with E-state index in [1.807, 2.05) is 27.7 Å². The summed E-state index contributed by atoms with van der Waals surface area (Å²) in [6.45, 7) is 7.51. The van der Waals surface area contributed by atoms with Crippen molar-refractivity contribution < 1.29 is 19.1 Å². The largest absolute Gasteiger partial charge is 0.469 e. The van der Waals surface area contributed by atoms with E-state index in [-0.39, 0.29) is 18.0 Å². The normalized spacial score (nSPS) is 19.7.